The molecule has 0 atom stereocenters. The molecular weight excluding hydrogens is 333 g/mol. The molecule has 17 heavy (non-hydrogen) atoms. The second-order valence-corrected chi connectivity index (χ2v) is 5.75. The van der Waals surface area contributed by atoms with Crippen LogP contribution in [0.15, 0.2) is 18.2 Å². The second-order valence-electron chi connectivity index (χ2n) is 4.50. The van der Waals surface area contributed by atoms with E-state index in [2.05, 4.69) is 22.6 Å². The molecule has 1 amide bonds. The Balaban J connectivity index is 2.20. The molecule has 1 aliphatic heterocycles. The number of halogens is 1. The molecule has 0 aromatic heterocycles. The zero-order valence-electron chi connectivity index (χ0n) is 9.74. The van der Waals surface area contributed by atoms with Crippen LogP contribution in [0.3, 0.4) is 0 Å². The highest BCUT2D eigenvalue weighted by molar-refractivity contribution is 14.1. The highest BCUT2D eigenvalue weighted by Gasteiger charge is 2.40. The van der Waals surface area contributed by atoms with Crippen LogP contribution in [-0.4, -0.2) is 41.7 Å². The van der Waals surface area contributed by atoms with E-state index in [0.29, 0.717) is 24.4 Å². The van der Waals surface area contributed by atoms with Gasteiger partial charge in [0, 0.05) is 3.57 Å². The molecule has 1 saturated heterocycles. The fourth-order valence-corrected chi connectivity index (χ4v) is 2.39. The minimum atomic E-state index is -0.744. The monoisotopic (exact) mass is 347 g/mol. The van der Waals surface area contributed by atoms with Gasteiger partial charge in [0.15, 0.2) is 0 Å². The third kappa shape index (κ3) is 2.55. The Hall–Kier alpha value is -0.820. The van der Waals surface area contributed by atoms with Crippen molar-refractivity contribution in [3.63, 3.8) is 0 Å². The fourth-order valence-electron chi connectivity index (χ4n) is 1.93. The van der Waals surface area contributed by atoms with Crippen molar-refractivity contribution in [2.75, 3.05) is 20.2 Å². The van der Waals surface area contributed by atoms with Gasteiger partial charge >= 0.3 is 0 Å². The molecule has 0 unspecified atom stereocenters. The number of β-amino-alcohol motifs (C(OH)–C–C–N with tert-alkyl or cyclic N) is 1. The van der Waals surface area contributed by atoms with Gasteiger partial charge in [0.05, 0.1) is 31.4 Å². The Bertz CT molecular complexity index is 451. The number of carbonyl (C=O) groups is 1. The SMILES string of the molecule is COc1cc(I)ccc1C(=O)N1CC(C)(O)C1. The van der Waals surface area contributed by atoms with E-state index in [1.54, 1.807) is 25.0 Å². The van der Waals surface area contributed by atoms with Crippen molar-refractivity contribution in [2.45, 2.75) is 12.5 Å². The lowest BCUT2D eigenvalue weighted by Crippen LogP contribution is -2.61. The van der Waals surface area contributed by atoms with Crippen molar-refractivity contribution in [2.24, 2.45) is 0 Å². The van der Waals surface area contributed by atoms with Gasteiger partial charge in [-0.1, -0.05) is 0 Å². The van der Waals surface area contributed by atoms with Gasteiger partial charge in [-0.15, -0.1) is 0 Å². The smallest absolute Gasteiger partial charge is 0.257 e. The fraction of sp³-hybridized carbons (Fsp3) is 0.417. The number of ether oxygens (including phenoxy) is 1. The lowest BCUT2D eigenvalue weighted by molar-refractivity contribution is -0.0669. The lowest BCUT2D eigenvalue weighted by atomic mass is 9.96. The predicted molar refractivity (Wildman–Crippen MR) is 72.2 cm³/mol. The molecule has 0 bridgehead atoms. The number of amides is 1. The first-order valence-corrected chi connectivity index (χ1v) is 6.36. The number of benzene rings is 1. The van der Waals surface area contributed by atoms with Crippen molar-refractivity contribution >= 4 is 28.5 Å². The Morgan fingerprint density at radius 1 is 1.53 bits per heavy atom. The topological polar surface area (TPSA) is 49.8 Å². The number of rotatable bonds is 2. The van der Waals surface area contributed by atoms with E-state index >= 15 is 0 Å². The minimum absolute atomic E-state index is 0.0928. The van der Waals surface area contributed by atoms with Crippen LogP contribution in [0.1, 0.15) is 17.3 Å². The number of methoxy groups -OCH3 is 1. The average molecular weight is 347 g/mol. The normalized spacial score (nSPS) is 17.5. The predicted octanol–water partition coefficient (Wildman–Crippen LogP) is 1.51. The molecule has 1 aromatic rings. The summed E-state index contributed by atoms with van der Waals surface area (Å²) in [6.07, 6.45) is 0. The number of likely N-dealkylation sites (tertiary alicyclic amines) is 1. The van der Waals surface area contributed by atoms with Crippen LogP contribution in [0.4, 0.5) is 0 Å². The van der Waals surface area contributed by atoms with Gasteiger partial charge in [-0.3, -0.25) is 4.79 Å². The molecule has 1 aliphatic rings. The van der Waals surface area contributed by atoms with Crippen molar-refractivity contribution in [1.29, 1.82) is 0 Å². The van der Waals surface area contributed by atoms with Crippen LogP contribution in [0, 0.1) is 3.57 Å². The summed E-state index contributed by atoms with van der Waals surface area (Å²) in [5.41, 5.74) is -0.199. The molecule has 1 fully saturated rings. The first-order chi connectivity index (χ1) is 7.93. The Labute approximate surface area is 114 Å². The summed E-state index contributed by atoms with van der Waals surface area (Å²) in [7, 11) is 1.55. The van der Waals surface area contributed by atoms with Gasteiger partial charge in [-0.05, 0) is 47.7 Å². The van der Waals surface area contributed by atoms with Gasteiger partial charge < -0.3 is 14.7 Å². The van der Waals surface area contributed by atoms with Crippen LogP contribution in [-0.2, 0) is 0 Å². The molecule has 0 spiro atoms. The summed E-state index contributed by atoms with van der Waals surface area (Å²) in [6.45, 7) is 2.48. The lowest BCUT2D eigenvalue weighted by Gasteiger charge is -2.44. The standard InChI is InChI=1S/C12H14INO3/c1-12(16)6-14(7-12)11(15)9-4-3-8(13)5-10(9)17-2/h3-5,16H,6-7H2,1-2H3. The number of hydrogen-bond acceptors (Lipinski definition) is 3. The molecule has 2 rings (SSSR count). The van der Waals surface area contributed by atoms with Crippen molar-refractivity contribution < 1.29 is 14.6 Å². The minimum Gasteiger partial charge on any atom is -0.496 e. The van der Waals surface area contributed by atoms with Crippen molar-refractivity contribution in [3.8, 4) is 5.75 Å². The van der Waals surface area contributed by atoms with Crippen LogP contribution >= 0.6 is 22.6 Å². The number of hydrogen-bond donors (Lipinski definition) is 1. The molecule has 0 aliphatic carbocycles. The first-order valence-electron chi connectivity index (χ1n) is 5.28. The average Bonchev–Trinajstić information content (AvgIpc) is 2.24. The second kappa shape index (κ2) is 4.45. The van der Waals surface area contributed by atoms with Crippen molar-refractivity contribution in [1.82, 2.24) is 4.90 Å². The summed E-state index contributed by atoms with van der Waals surface area (Å²) in [6, 6.07) is 5.45. The van der Waals surface area contributed by atoms with Gasteiger partial charge in [0.25, 0.3) is 5.91 Å². The van der Waals surface area contributed by atoms with Crippen molar-refractivity contribution in [3.05, 3.63) is 27.3 Å². The number of aliphatic hydroxyl groups is 1. The van der Waals surface area contributed by atoms with E-state index in [1.165, 1.54) is 0 Å². The molecule has 1 N–H and O–H groups in total. The molecule has 0 radical (unpaired) electrons. The zero-order chi connectivity index (χ0) is 12.6. The van der Waals surface area contributed by atoms with Crippen LogP contribution in [0.2, 0.25) is 0 Å². The molecule has 5 heteroatoms. The zero-order valence-corrected chi connectivity index (χ0v) is 11.9. The largest absolute Gasteiger partial charge is 0.496 e. The third-order valence-corrected chi connectivity index (χ3v) is 3.42. The number of carbonyl (C=O) groups excluding carboxylic acids is 1. The van der Waals surface area contributed by atoms with Gasteiger partial charge in [-0.25, -0.2) is 0 Å². The molecule has 1 heterocycles. The maximum Gasteiger partial charge on any atom is 0.257 e. The third-order valence-electron chi connectivity index (χ3n) is 2.74. The summed E-state index contributed by atoms with van der Waals surface area (Å²) in [5.74, 6) is 0.484. The maximum absolute atomic E-state index is 12.1. The quantitative estimate of drug-likeness (QED) is 0.826. The van der Waals surface area contributed by atoms with E-state index in [9.17, 15) is 9.90 Å². The Kier molecular flexibility index (Phi) is 3.31. The molecule has 1 aromatic carbocycles. The molecule has 92 valence electrons. The van der Waals surface area contributed by atoms with E-state index in [0.717, 1.165) is 3.57 Å². The van der Waals surface area contributed by atoms with Gasteiger partial charge in [-0.2, -0.15) is 0 Å². The first kappa shape index (κ1) is 12.6. The Morgan fingerprint density at radius 2 is 2.18 bits per heavy atom. The molecular formula is C12H14INO3. The van der Waals surface area contributed by atoms with Gasteiger partial charge in [0.1, 0.15) is 5.75 Å². The summed E-state index contributed by atoms with van der Waals surface area (Å²) < 4.78 is 6.22. The maximum atomic E-state index is 12.1. The Morgan fingerprint density at radius 3 is 2.71 bits per heavy atom. The highest BCUT2D eigenvalue weighted by Crippen LogP contribution is 2.27. The van der Waals surface area contributed by atoms with E-state index in [-0.39, 0.29) is 5.91 Å². The van der Waals surface area contributed by atoms with Crippen LogP contribution < -0.4 is 4.74 Å². The van der Waals surface area contributed by atoms with Gasteiger partial charge in [0.2, 0.25) is 0 Å². The number of nitrogens with zero attached hydrogens (tertiary/aromatic N) is 1. The van der Waals surface area contributed by atoms with Crippen LogP contribution in [0.5, 0.6) is 5.75 Å². The molecule has 0 saturated carbocycles. The van der Waals surface area contributed by atoms with E-state index in [4.69, 9.17) is 4.74 Å². The van der Waals surface area contributed by atoms with Crippen LogP contribution in [0.25, 0.3) is 0 Å². The summed E-state index contributed by atoms with van der Waals surface area (Å²) in [4.78, 5) is 13.8. The summed E-state index contributed by atoms with van der Waals surface area (Å²) in [5, 5.41) is 9.62. The van der Waals surface area contributed by atoms with E-state index in [1.807, 2.05) is 12.1 Å². The highest BCUT2D eigenvalue weighted by atomic mass is 127. The summed E-state index contributed by atoms with van der Waals surface area (Å²) >= 11 is 2.17. The molecule has 4 nitrogen and oxygen atoms in total. The van der Waals surface area contributed by atoms with E-state index < -0.39 is 5.60 Å².